The van der Waals surface area contributed by atoms with Gasteiger partial charge in [0.15, 0.2) is 11.0 Å². The van der Waals surface area contributed by atoms with E-state index in [9.17, 15) is 4.79 Å². The number of anilines is 1. The first kappa shape index (κ1) is 19.0. The molecule has 0 saturated carbocycles. The van der Waals surface area contributed by atoms with Crippen molar-refractivity contribution in [2.45, 2.75) is 11.7 Å². The fourth-order valence-electron chi connectivity index (χ4n) is 2.58. The molecule has 0 aliphatic rings. The number of aromatic nitrogens is 3. The van der Waals surface area contributed by atoms with Gasteiger partial charge in [0.05, 0.1) is 5.75 Å². The SMILES string of the molecule is CN(C)c1ccc(-c2nnc(SCC(=O)NCc3ccccc3)n2C)cc1. The Morgan fingerprint density at radius 3 is 2.44 bits per heavy atom. The second-order valence-electron chi connectivity index (χ2n) is 6.36. The highest BCUT2D eigenvalue weighted by Crippen LogP contribution is 2.24. The molecule has 0 radical (unpaired) electrons. The number of thioether (sulfide) groups is 1. The van der Waals surface area contributed by atoms with Crippen molar-refractivity contribution in [3.63, 3.8) is 0 Å². The third kappa shape index (κ3) is 4.89. The maximum absolute atomic E-state index is 12.1. The molecule has 140 valence electrons. The van der Waals surface area contributed by atoms with Crippen molar-refractivity contribution in [3.8, 4) is 11.4 Å². The van der Waals surface area contributed by atoms with E-state index in [-0.39, 0.29) is 5.91 Å². The summed E-state index contributed by atoms with van der Waals surface area (Å²) >= 11 is 1.38. The Morgan fingerprint density at radius 2 is 1.78 bits per heavy atom. The zero-order valence-electron chi connectivity index (χ0n) is 15.7. The van der Waals surface area contributed by atoms with Crippen LogP contribution in [0.2, 0.25) is 0 Å². The fraction of sp³-hybridized carbons (Fsp3) is 0.250. The molecule has 1 N–H and O–H groups in total. The van der Waals surface area contributed by atoms with Gasteiger partial charge in [-0.05, 0) is 29.8 Å². The van der Waals surface area contributed by atoms with Gasteiger partial charge in [-0.15, -0.1) is 10.2 Å². The van der Waals surface area contributed by atoms with Gasteiger partial charge in [-0.2, -0.15) is 0 Å². The third-order valence-corrected chi connectivity index (χ3v) is 5.16. The van der Waals surface area contributed by atoms with E-state index < -0.39 is 0 Å². The summed E-state index contributed by atoms with van der Waals surface area (Å²) in [5, 5.41) is 12.1. The summed E-state index contributed by atoms with van der Waals surface area (Å²) in [6, 6.07) is 18.0. The van der Waals surface area contributed by atoms with E-state index in [1.807, 2.05) is 80.3 Å². The smallest absolute Gasteiger partial charge is 0.230 e. The van der Waals surface area contributed by atoms with Gasteiger partial charge in [0.2, 0.25) is 5.91 Å². The summed E-state index contributed by atoms with van der Waals surface area (Å²) in [5.41, 5.74) is 3.21. The number of nitrogens with one attached hydrogen (secondary N) is 1. The van der Waals surface area contributed by atoms with Crippen molar-refractivity contribution >= 4 is 23.4 Å². The molecular formula is C20H23N5OS. The third-order valence-electron chi connectivity index (χ3n) is 4.14. The van der Waals surface area contributed by atoms with Crippen LogP contribution in [0.4, 0.5) is 5.69 Å². The minimum atomic E-state index is -0.0243. The lowest BCUT2D eigenvalue weighted by atomic mass is 10.2. The molecule has 0 fully saturated rings. The van der Waals surface area contributed by atoms with E-state index >= 15 is 0 Å². The summed E-state index contributed by atoms with van der Waals surface area (Å²) in [6.07, 6.45) is 0. The zero-order valence-corrected chi connectivity index (χ0v) is 16.5. The molecule has 1 heterocycles. The summed E-state index contributed by atoms with van der Waals surface area (Å²) in [6.45, 7) is 0.530. The molecule has 0 bridgehead atoms. The molecule has 3 rings (SSSR count). The number of amides is 1. The summed E-state index contributed by atoms with van der Waals surface area (Å²) in [4.78, 5) is 14.1. The molecule has 3 aromatic rings. The monoisotopic (exact) mass is 381 g/mol. The van der Waals surface area contributed by atoms with Crippen LogP contribution in [-0.4, -0.2) is 40.5 Å². The Bertz CT molecular complexity index is 890. The molecule has 1 aromatic heterocycles. The van der Waals surface area contributed by atoms with Crippen LogP contribution >= 0.6 is 11.8 Å². The predicted molar refractivity (Wildman–Crippen MR) is 110 cm³/mol. The minimum absolute atomic E-state index is 0.0243. The number of nitrogens with zero attached hydrogens (tertiary/aromatic N) is 4. The number of carbonyl (C=O) groups excluding carboxylic acids is 1. The van der Waals surface area contributed by atoms with Crippen LogP contribution in [0, 0.1) is 0 Å². The molecule has 6 nitrogen and oxygen atoms in total. The van der Waals surface area contributed by atoms with Crippen molar-refractivity contribution in [3.05, 3.63) is 60.2 Å². The van der Waals surface area contributed by atoms with Crippen LogP contribution in [0.3, 0.4) is 0 Å². The average Bonchev–Trinajstić information content (AvgIpc) is 3.06. The number of hydrogen-bond donors (Lipinski definition) is 1. The minimum Gasteiger partial charge on any atom is -0.378 e. The summed E-state index contributed by atoms with van der Waals surface area (Å²) < 4.78 is 1.92. The Kier molecular flexibility index (Phi) is 6.13. The largest absolute Gasteiger partial charge is 0.378 e. The summed E-state index contributed by atoms with van der Waals surface area (Å²) in [7, 11) is 5.93. The van der Waals surface area contributed by atoms with Gasteiger partial charge in [-0.1, -0.05) is 42.1 Å². The van der Waals surface area contributed by atoms with Crippen LogP contribution in [0.5, 0.6) is 0 Å². The number of carbonyl (C=O) groups is 1. The van der Waals surface area contributed by atoms with E-state index in [1.165, 1.54) is 11.8 Å². The van der Waals surface area contributed by atoms with Crippen molar-refractivity contribution in [2.75, 3.05) is 24.7 Å². The van der Waals surface area contributed by atoms with Gasteiger partial charge in [0.25, 0.3) is 0 Å². The van der Waals surface area contributed by atoms with Crippen molar-refractivity contribution in [2.24, 2.45) is 7.05 Å². The summed E-state index contributed by atoms with van der Waals surface area (Å²) in [5.74, 6) is 1.06. The van der Waals surface area contributed by atoms with Gasteiger partial charge in [-0.25, -0.2) is 0 Å². The predicted octanol–water partition coefficient (Wildman–Crippen LogP) is 2.96. The first-order valence-corrected chi connectivity index (χ1v) is 9.63. The van der Waals surface area contributed by atoms with Crippen LogP contribution < -0.4 is 10.2 Å². The van der Waals surface area contributed by atoms with E-state index in [2.05, 4.69) is 20.4 Å². The van der Waals surface area contributed by atoms with Gasteiger partial charge in [0.1, 0.15) is 0 Å². The lowest BCUT2D eigenvalue weighted by molar-refractivity contribution is -0.118. The van der Waals surface area contributed by atoms with E-state index in [0.29, 0.717) is 12.3 Å². The van der Waals surface area contributed by atoms with Crippen LogP contribution in [0.1, 0.15) is 5.56 Å². The van der Waals surface area contributed by atoms with Crippen molar-refractivity contribution in [1.82, 2.24) is 20.1 Å². The first-order valence-electron chi connectivity index (χ1n) is 8.65. The Morgan fingerprint density at radius 1 is 1.07 bits per heavy atom. The van der Waals surface area contributed by atoms with Gasteiger partial charge in [0, 0.05) is 38.9 Å². The maximum Gasteiger partial charge on any atom is 0.230 e. The normalized spacial score (nSPS) is 10.6. The van der Waals surface area contributed by atoms with Gasteiger partial charge in [-0.3, -0.25) is 4.79 Å². The van der Waals surface area contributed by atoms with Crippen molar-refractivity contribution < 1.29 is 4.79 Å². The molecule has 0 atom stereocenters. The topological polar surface area (TPSA) is 63.1 Å². The van der Waals surface area contributed by atoms with Gasteiger partial charge < -0.3 is 14.8 Å². The molecule has 2 aromatic carbocycles. The molecule has 0 saturated heterocycles. The lowest BCUT2D eigenvalue weighted by Gasteiger charge is -2.12. The van der Waals surface area contributed by atoms with E-state index in [0.717, 1.165) is 27.8 Å². The van der Waals surface area contributed by atoms with Gasteiger partial charge >= 0.3 is 0 Å². The Hall–Kier alpha value is -2.80. The average molecular weight is 382 g/mol. The van der Waals surface area contributed by atoms with E-state index in [4.69, 9.17) is 0 Å². The molecule has 7 heteroatoms. The quantitative estimate of drug-likeness (QED) is 0.638. The Balaban J connectivity index is 1.57. The molecule has 0 unspecified atom stereocenters. The van der Waals surface area contributed by atoms with E-state index in [1.54, 1.807) is 0 Å². The number of hydrogen-bond acceptors (Lipinski definition) is 5. The molecule has 1 amide bonds. The molecule has 0 aliphatic heterocycles. The highest BCUT2D eigenvalue weighted by molar-refractivity contribution is 7.99. The Labute approximate surface area is 163 Å². The van der Waals surface area contributed by atoms with Crippen molar-refractivity contribution in [1.29, 1.82) is 0 Å². The standard InChI is InChI=1S/C20H23N5OS/c1-24(2)17-11-9-16(10-12-17)19-22-23-20(25(19)3)27-14-18(26)21-13-15-7-5-4-6-8-15/h4-12H,13-14H2,1-3H3,(H,21,26). The number of rotatable bonds is 7. The molecule has 27 heavy (non-hydrogen) atoms. The van der Waals surface area contributed by atoms with Crippen LogP contribution in [0.15, 0.2) is 59.8 Å². The maximum atomic E-state index is 12.1. The first-order chi connectivity index (χ1) is 13.0. The second kappa shape index (κ2) is 8.73. The molecule has 0 aliphatic carbocycles. The van der Waals surface area contributed by atoms with Crippen LogP contribution in [0.25, 0.3) is 11.4 Å². The highest BCUT2D eigenvalue weighted by Gasteiger charge is 2.13. The lowest BCUT2D eigenvalue weighted by Crippen LogP contribution is -2.24. The zero-order chi connectivity index (χ0) is 19.2. The highest BCUT2D eigenvalue weighted by atomic mass is 32.2. The molecule has 0 spiro atoms. The number of benzene rings is 2. The second-order valence-corrected chi connectivity index (χ2v) is 7.30. The molecular weight excluding hydrogens is 358 g/mol. The van der Waals surface area contributed by atoms with Crippen LogP contribution in [-0.2, 0) is 18.4 Å². The fourth-order valence-corrected chi connectivity index (χ4v) is 3.32.